The zero-order valence-electron chi connectivity index (χ0n) is 17.5. The first-order valence-corrected chi connectivity index (χ1v) is 10.4. The van der Waals surface area contributed by atoms with E-state index in [4.69, 9.17) is 4.74 Å². The van der Waals surface area contributed by atoms with E-state index in [9.17, 15) is 10.2 Å². The molecule has 0 unspecified atom stereocenters. The topological polar surface area (TPSA) is 104 Å². The van der Waals surface area contributed by atoms with Gasteiger partial charge in [0.15, 0.2) is 5.82 Å². The monoisotopic (exact) mass is 419 g/mol. The number of para-hydroxylation sites is 1. The largest absolute Gasteiger partial charge is 0.507 e. The van der Waals surface area contributed by atoms with Crippen molar-refractivity contribution in [2.75, 3.05) is 23.3 Å². The molecule has 4 heterocycles. The fraction of sp³-hybridized carbons (Fsp3) is 0.348. The number of nitrogens with zero attached hydrogens (tertiary/aromatic N) is 4. The third kappa shape index (κ3) is 3.42. The van der Waals surface area contributed by atoms with Crippen LogP contribution in [0.2, 0.25) is 0 Å². The van der Waals surface area contributed by atoms with Crippen molar-refractivity contribution in [1.29, 1.82) is 0 Å². The van der Waals surface area contributed by atoms with Crippen LogP contribution in [-0.2, 0) is 6.61 Å². The van der Waals surface area contributed by atoms with Crippen LogP contribution in [0, 0.1) is 6.92 Å². The molecule has 0 saturated carbocycles. The summed E-state index contributed by atoms with van der Waals surface area (Å²) in [4.78, 5) is 6.71. The van der Waals surface area contributed by atoms with E-state index in [-0.39, 0.29) is 24.0 Å². The average Bonchev–Trinajstić information content (AvgIpc) is 3.11. The molecule has 8 nitrogen and oxygen atoms in total. The van der Waals surface area contributed by atoms with Gasteiger partial charge in [0, 0.05) is 30.3 Å². The number of aryl methyl sites for hydroxylation is 1. The van der Waals surface area contributed by atoms with Crippen LogP contribution >= 0.6 is 0 Å². The molecular weight excluding hydrogens is 394 g/mol. The highest BCUT2D eigenvalue weighted by Crippen LogP contribution is 2.43. The summed E-state index contributed by atoms with van der Waals surface area (Å²) < 4.78 is 6.27. The lowest BCUT2D eigenvalue weighted by Crippen LogP contribution is -2.50. The van der Waals surface area contributed by atoms with Crippen molar-refractivity contribution in [3.8, 4) is 22.9 Å². The molecule has 1 aromatic carbocycles. The molecule has 1 fully saturated rings. The van der Waals surface area contributed by atoms with Crippen LogP contribution in [0.4, 0.5) is 11.5 Å². The Morgan fingerprint density at radius 3 is 2.87 bits per heavy atom. The molecule has 0 aliphatic carbocycles. The Hall–Kier alpha value is -3.39. The van der Waals surface area contributed by atoms with Gasteiger partial charge in [-0.05, 0) is 43.7 Å². The standard InChI is InChI=1S/C23H25N5O3/c1-14-7-15(12-29)10-24-22(14)31-16-9-23(2)13-25-21-19(28(23)11-16)8-18(26-27-21)17-5-3-4-6-20(17)30/h3-8,10,16,29-30H,9,11-13H2,1-2H3,(H,25,27)/t16-,23+/m1/s1. The quantitative estimate of drug-likeness (QED) is 0.593. The molecule has 2 atom stereocenters. The Kier molecular flexibility index (Phi) is 4.66. The second kappa shape index (κ2) is 7.39. The number of pyridine rings is 1. The SMILES string of the molecule is Cc1cc(CO)cnc1O[C@H]1CN2c3cc(-c4ccccc4O)nnc3NC[C@]2(C)C1. The minimum atomic E-state index is -0.143. The van der Waals surface area contributed by atoms with Gasteiger partial charge < -0.3 is 25.2 Å². The molecule has 160 valence electrons. The summed E-state index contributed by atoms with van der Waals surface area (Å²) in [7, 11) is 0. The Labute approximate surface area is 180 Å². The average molecular weight is 419 g/mol. The number of fused-ring (bicyclic) bond motifs is 3. The molecule has 5 rings (SSSR count). The number of hydrogen-bond acceptors (Lipinski definition) is 8. The summed E-state index contributed by atoms with van der Waals surface area (Å²) in [5, 5.41) is 31.6. The fourth-order valence-electron chi connectivity index (χ4n) is 4.52. The van der Waals surface area contributed by atoms with E-state index in [1.165, 1.54) is 0 Å². The van der Waals surface area contributed by atoms with Crippen LogP contribution in [0.1, 0.15) is 24.5 Å². The summed E-state index contributed by atoms with van der Waals surface area (Å²) in [6, 6.07) is 11.0. The third-order valence-electron chi connectivity index (χ3n) is 6.13. The van der Waals surface area contributed by atoms with Crippen LogP contribution in [0.5, 0.6) is 11.6 Å². The van der Waals surface area contributed by atoms with Crippen molar-refractivity contribution in [2.24, 2.45) is 0 Å². The molecule has 3 N–H and O–H groups in total. The molecule has 1 saturated heterocycles. The molecule has 0 bridgehead atoms. The number of aliphatic hydroxyl groups is 1. The minimum absolute atomic E-state index is 0.0355. The van der Waals surface area contributed by atoms with Crippen LogP contribution < -0.4 is 15.0 Å². The van der Waals surface area contributed by atoms with Gasteiger partial charge in [-0.2, -0.15) is 0 Å². The van der Waals surface area contributed by atoms with Crippen LogP contribution in [0.25, 0.3) is 11.3 Å². The molecular formula is C23H25N5O3. The zero-order valence-corrected chi connectivity index (χ0v) is 17.5. The summed E-state index contributed by atoms with van der Waals surface area (Å²) in [5.74, 6) is 1.51. The molecule has 0 radical (unpaired) electrons. The van der Waals surface area contributed by atoms with E-state index >= 15 is 0 Å². The van der Waals surface area contributed by atoms with Crippen LogP contribution in [0.3, 0.4) is 0 Å². The van der Waals surface area contributed by atoms with Gasteiger partial charge >= 0.3 is 0 Å². The Morgan fingerprint density at radius 2 is 2.10 bits per heavy atom. The number of hydrogen-bond donors (Lipinski definition) is 3. The lowest BCUT2D eigenvalue weighted by molar-refractivity contribution is 0.203. The first kappa shape index (κ1) is 19.6. The number of rotatable bonds is 4. The molecule has 3 aromatic rings. The predicted molar refractivity (Wildman–Crippen MR) is 117 cm³/mol. The Bertz CT molecular complexity index is 1140. The molecule has 2 aliphatic heterocycles. The van der Waals surface area contributed by atoms with Crippen LogP contribution in [0.15, 0.2) is 42.6 Å². The summed E-state index contributed by atoms with van der Waals surface area (Å²) in [6.07, 6.45) is 2.44. The highest BCUT2D eigenvalue weighted by Gasteiger charge is 2.47. The van der Waals surface area contributed by atoms with Gasteiger partial charge in [0.25, 0.3) is 0 Å². The van der Waals surface area contributed by atoms with Gasteiger partial charge in [-0.1, -0.05) is 12.1 Å². The maximum Gasteiger partial charge on any atom is 0.216 e. The van der Waals surface area contributed by atoms with E-state index in [2.05, 4.69) is 32.3 Å². The lowest BCUT2D eigenvalue weighted by atomic mass is 9.95. The van der Waals surface area contributed by atoms with Crippen molar-refractivity contribution in [3.63, 3.8) is 0 Å². The molecule has 0 amide bonds. The molecule has 2 aliphatic rings. The summed E-state index contributed by atoms with van der Waals surface area (Å²) in [5.41, 5.74) is 3.77. The van der Waals surface area contributed by atoms with E-state index in [1.54, 1.807) is 18.3 Å². The Morgan fingerprint density at radius 1 is 1.26 bits per heavy atom. The normalized spacial score (nSPS) is 21.9. The van der Waals surface area contributed by atoms with Crippen molar-refractivity contribution in [2.45, 2.75) is 38.5 Å². The lowest BCUT2D eigenvalue weighted by Gasteiger charge is -2.41. The third-order valence-corrected chi connectivity index (χ3v) is 6.13. The number of benzene rings is 1. The number of aromatic nitrogens is 3. The van der Waals surface area contributed by atoms with Gasteiger partial charge in [-0.3, -0.25) is 0 Å². The summed E-state index contributed by atoms with van der Waals surface area (Å²) >= 11 is 0. The predicted octanol–water partition coefficient (Wildman–Crippen LogP) is 2.89. The van der Waals surface area contributed by atoms with Gasteiger partial charge in [-0.15, -0.1) is 10.2 Å². The number of anilines is 2. The number of phenols is 1. The minimum Gasteiger partial charge on any atom is -0.507 e. The fourth-order valence-corrected chi connectivity index (χ4v) is 4.52. The number of phenolic OH excluding ortho intramolecular Hbond substituents is 1. The Balaban J connectivity index is 1.44. The number of aromatic hydroxyl groups is 1. The van der Waals surface area contributed by atoms with Gasteiger partial charge in [0.2, 0.25) is 5.88 Å². The van der Waals surface area contributed by atoms with Gasteiger partial charge in [0.1, 0.15) is 11.9 Å². The number of aliphatic hydroxyl groups excluding tert-OH is 1. The molecule has 0 spiro atoms. The number of nitrogens with one attached hydrogen (secondary N) is 1. The van der Waals surface area contributed by atoms with E-state index in [0.717, 1.165) is 35.6 Å². The zero-order chi connectivity index (χ0) is 21.6. The van der Waals surface area contributed by atoms with Crippen molar-refractivity contribution in [1.82, 2.24) is 15.2 Å². The van der Waals surface area contributed by atoms with Gasteiger partial charge in [-0.25, -0.2) is 4.98 Å². The first-order valence-electron chi connectivity index (χ1n) is 10.4. The smallest absolute Gasteiger partial charge is 0.216 e. The number of ether oxygens (including phenoxy) is 1. The maximum absolute atomic E-state index is 10.2. The second-order valence-electron chi connectivity index (χ2n) is 8.51. The van der Waals surface area contributed by atoms with E-state index in [0.29, 0.717) is 23.7 Å². The van der Waals surface area contributed by atoms with Crippen molar-refractivity contribution < 1.29 is 14.9 Å². The molecule has 2 aromatic heterocycles. The molecule has 8 heteroatoms. The van der Waals surface area contributed by atoms with E-state index < -0.39 is 0 Å². The van der Waals surface area contributed by atoms with Crippen LogP contribution in [-0.4, -0.2) is 50.1 Å². The van der Waals surface area contributed by atoms with Crippen molar-refractivity contribution >= 4 is 11.5 Å². The highest BCUT2D eigenvalue weighted by molar-refractivity contribution is 5.77. The highest BCUT2D eigenvalue weighted by atomic mass is 16.5. The maximum atomic E-state index is 10.2. The first-order chi connectivity index (χ1) is 15.0. The van der Waals surface area contributed by atoms with E-state index in [1.807, 2.05) is 31.2 Å². The molecule has 31 heavy (non-hydrogen) atoms. The van der Waals surface area contributed by atoms with Crippen molar-refractivity contribution in [3.05, 3.63) is 53.7 Å². The van der Waals surface area contributed by atoms with Gasteiger partial charge in [0.05, 0.1) is 30.1 Å². The second-order valence-corrected chi connectivity index (χ2v) is 8.51. The summed E-state index contributed by atoms with van der Waals surface area (Å²) in [6.45, 7) is 5.55.